The van der Waals surface area contributed by atoms with Gasteiger partial charge in [0, 0.05) is 11.8 Å². The van der Waals surface area contributed by atoms with Crippen LogP contribution in [0.3, 0.4) is 0 Å². The van der Waals surface area contributed by atoms with Gasteiger partial charge in [0.25, 0.3) is 0 Å². The van der Waals surface area contributed by atoms with E-state index in [1.165, 1.54) is 12.8 Å². The molecule has 0 radical (unpaired) electrons. The second-order valence-electron chi connectivity index (χ2n) is 10.4. The molecule has 5 fully saturated rings. The topological polar surface area (TPSA) is 58.9 Å². The van der Waals surface area contributed by atoms with Gasteiger partial charge in [0.1, 0.15) is 0 Å². The van der Waals surface area contributed by atoms with Crippen LogP contribution in [0.4, 0.5) is 0 Å². The van der Waals surface area contributed by atoms with Gasteiger partial charge in [-0.1, -0.05) is 27.2 Å². The SMILES string of the molecule is C[C@H]1CC[C@@]2(C)[C@H](C1)[C@@H](O)[C@H](O)[C@@H]1[C@@H]2CC[C@@]2(C)[C@H]1CCC21OCO1. The Hall–Kier alpha value is -0.160. The van der Waals surface area contributed by atoms with Crippen LogP contribution >= 0.6 is 0 Å². The van der Waals surface area contributed by atoms with Gasteiger partial charge in [-0.25, -0.2) is 0 Å². The molecule has 1 aliphatic heterocycles. The highest BCUT2D eigenvalue weighted by molar-refractivity contribution is 5.16. The largest absolute Gasteiger partial charge is 0.390 e. The summed E-state index contributed by atoms with van der Waals surface area (Å²) in [6.45, 7) is 7.45. The van der Waals surface area contributed by atoms with Gasteiger partial charge in [-0.3, -0.25) is 0 Å². The van der Waals surface area contributed by atoms with Crippen LogP contribution in [0.25, 0.3) is 0 Å². The molecule has 4 aliphatic carbocycles. The summed E-state index contributed by atoms with van der Waals surface area (Å²) >= 11 is 0. The molecule has 2 N–H and O–H groups in total. The number of hydrogen-bond acceptors (Lipinski definition) is 4. The van der Waals surface area contributed by atoms with E-state index in [4.69, 9.17) is 9.47 Å². The summed E-state index contributed by atoms with van der Waals surface area (Å²) in [6, 6.07) is 0. The molecule has 0 unspecified atom stereocenters. The predicted molar refractivity (Wildman–Crippen MR) is 93.4 cm³/mol. The van der Waals surface area contributed by atoms with Crippen LogP contribution in [0.2, 0.25) is 0 Å². The van der Waals surface area contributed by atoms with Crippen molar-refractivity contribution in [1.82, 2.24) is 0 Å². The van der Waals surface area contributed by atoms with E-state index in [0.717, 1.165) is 32.1 Å². The molecule has 4 nitrogen and oxygen atoms in total. The molecule has 0 aromatic carbocycles. The van der Waals surface area contributed by atoms with Crippen molar-refractivity contribution < 1.29 is 19.7 Å². The van der Waals surface area contributed by atoms with Gasteiger partial charge in [0.2, 0.25) is 0 Å². The maximum atomic E-state index is 11.2. The summed E-state index contributed by atoms with van der Waals surface area (Å²) in [5.74, 6) is 1.62. The van der Waals surface area contributed by atoms with Crippen molar-refractivity contribution in [3.05, 3.63) is 0 Å². The van der Waals surface area contributed by atoms with Crippen LogP contribution in [-0.4, -0.2) is 35.0 Å². The zero-order valence-electron chi connectivity index (χ0n) is 15.9. The van der Waals surface area contributed by atoms with Gasteiger partial charge in [0.15, 0.2) is 12.6 Å². The average molecular weight is 350 g/mol. The first kappa shape index (κ1) is 17.0. The summed E-state index contributed by atoms with van der Waals surface area (Å²) in [6.07, 6.45) is 6.62. The molecule has 142 valence electrons. The van der Waals surface area contributed by atoms with Gasteiger partial charge in [0.05, 0.1) is 12.2 Å². The molecule has 9 atom stereocenters. The Labute approximate surface area is 151 Å². The molecule has 4 heteroatoms. The molecule has 25 heavy (non-hydrogen) atoms. The highest BCUT2D eigenvalue weighted by Crippen LogP contribution is 2.70. The predicted octanol–water partition coefficient (Wildman–Crippen LogP) is 3.31. The van der Waals surface area contributed by atoms with E-state index in [9.17, 15) is 10.2 Å². The molecule has 1 heterocycles. The van der Waals surface area contributed by atoms with E-state index in [0.29, 0.717) is 24.5 Å². The Balaban J connectivity index is 1.52. The molecule has 5 aliphatic rings. The van der Waals surface area contributed by atoms with Crippen molar-refractivity contribution in [2.75, 3.05) is 6.79 Å². The minimum absolute atomic E-state index is 0.0156. The standard InChI is InChI=1S/C21H34O4/c1-12-4-7-19(2)13-5-8-20(3)14(6-9-21(20)24-11-25-21)16(13)18(23)17(22)15(19)10-12/h12-18,22-23H,4-11H2,1-3H3/t12-,13-,14-,15+,16+,17+,18+,19+,20-/m0/s1. The van der Waals surface area contributed by atoms with E-state index in [1.807, 2.05) is 0 Å². The van der Waals surface area contributed by atoms with E-state index < -0.39 is 18.0 Å². The number of hydrogen-bond donors (Lipinski definition) is 2. The van der Waals surface area contributed by atoms with Gasteiger partial charge < -0.3 is 19.7 Å². The van der Waals surface area contributed by atoms with Crippen molar-refractivity contribution >= 4 is 0 Å². The molecule has 0 amide bonds. The third-order valence-corrected chi connectivity index (χ3v) is 9.64. The lowest BCUT2D eigenvalue weighted by Gasteiger charge is -2.64. The maximum absolute atomic E-state index is 11.2. The van der Waals surface area contributed by atoms with E-state index in [1.54, 1.807) is 0 Å². The fourth-order valence-electron chi connectivity index (χ4n) is 8.09. The Morgan fingerprint density at radius 1 is 0.840 bits per heavy atom. The molecule has 4 saturated carbocycles. The monoisotopic (exact) mass is 350 g/mol. The zero-order valence-corrected chi connectivity index (χ0v) is 15.9. The quantitative estimate of drug-likeness (QED) is 0.704. The first-order valence-electron chi connectivity index (χ1n) is 10.5. The van der Waals surface area contributed by atoms with Crippen LogP contribution < -0.4 is 0 Å². The second kappa shape index (κ2) is 5.21. The minimum Gasteiger partial charge on any atom is -0.390 e. The Morgan fingerprint density at radius 2 is 1.56 bits per heavy atom. The third kappa shape index (κ3) is 1.93. The Bertz CT molecular complexity index is 560. The van der Waals surface area contributed by atoms with Crippen LogP contribution in [0, 0.1) is 40.4 Å². The van der Waals surface area contributed by atoms with Crippen molar-refractivity contribution in [2.45, 2.75) is 83.7 Å². The Kier molecular flexibility index (Phi) is 3.54. The van der Waals surface area contributed by atoms with E-state index >= 15 is 0 Å². The average Bonchev–Trinajstić information content (AvgIpc) is 2.87. The fraction of sp³-hybridized carbons (Fsp3) is 1.00. The summed E-state index contributed by atoms with van der Waals surface area (Å²) in [4.78, 5) is 0. The number of fused-ring (bicyclic) bond motifs is 6. The van der Waals surface area contributed by atoms with Crippen molar-refractivity contribution in [1.29, 1.82) is 0 Å². The molecule has 1 saturated heterocycles. The molecule has 1 spiro atoms. The number of aliphatic hydroxyl groups excluding tert-OH is 2. The normalized spacial score (nSPS) is 59.6. The maximum Gasteiger partial charge on any atom is 0.179 e. The van der Waals surface area contributed by atoms with Crippen LogP contribution in [0.1, 0.15) is 65.7 Å². The number of ether oxygens (including phenoxy) is 2. The van der Waals surface area contributed by atoms with E-state index in [2.05, 4.69) is 20.8 Å². The zero-order chi connectivity index (χ0) is 17.6. The van der Waals surface area contributed by atoms with E-state index in [-0.39, 0.29) is 22.7 Å². The van der Waals surface area contributed by atoms with Crippen LogP contribution in [0.15, 0.2) is 0 Å². The smallest absolute Gasteiger partial charge is 0.179 e. The first-order chi connectivity index (χ1) is 11.8. The van der Waals surface area contributed by atoms with Gasteiger partial charge in [-0.05, 0) is 67.1 Å². The summed E-state index contributed by atoms with van der Waals surface area (Å²) in [7, 11) is 0. The summed E-state index contributed by atoms with van der Waals surface area (Å²) < 4.78 is 11.9. The summed E-state index contributed by atoms with van der Waals surface area (Å²) in [5, 5.41) is 22.3. The number of aliphatic hydroxyl groups is 2. The highest BCUT2D eigenvalue weighted by Gasteiger charge is 2.70. The molecule has 0 aromatic rings. The molecule has 0 aromatic heterocycles. The third-order valence-electron chi connectivity index (χ3n) is 9.64. The minimum atomic E-state index is -0.590. The molecular weight excluding hydrogens is 316 g/mol. The van der Waals surface area contributed by atoms with Gasteiger partial charge in [-0.2, -0.15) is 0 Å². The van der Waals surface area contributed by atoms with Crippen molar-refractivity contribution in [3.63, 3.8) is 0 Å². The van der Waals surface area contributed by atoms with Gasteiger partial charge in [-0.15, -0.1) is 0 Å². The fourth-order valence-corrected chi connectivity index (χ4v) is 8.09. The molecule has 0 bridgehead atoms. The summed E-state index contributed by atoms with van der Waals surface area (Å²) in [5.41, 5.74) is 0.159. The second-order valence-corrected chi connectivity index (χ2v) is 10.4. The van der Waals surface area contributed by atoms with Crippen LogP contribution in [-0.2, 0) is 9.47 Å². The Morgan fingerprint density at radius 3 is 2.24 bits per heavy atom. The van der Waals surface area contributed by atoms with Crippen LogP contribution in [0.5, 0.6) is 0 Å². The highest BCUT2D eigenvalue weighted by atomic mass is 16.9. The lowest BCUT2D eigenvalue weighted by atomic mass is 9.43. The lowest BCUT2D eigenvalue weighted by Crippen LogP contribution is -2.66. The van der Waals surface area contributed by atoms with Crippen molar-refractivity contribution in [3.8, 4) is 0 Å². The molecule has 5 rings (SSSR count). The van der Waals surface area contributed by atoms with Crippen molar-refractivity contribution in [2.24, 2.45) is 40.4 Å². The van der Waals surface area contributed by atoms with Gasteiger partial charge >= 0.3 is 0 Å². The number of rotatable bonds is 0. The lowest BCUT2D eigenvalue weighted by molar-refractivity contribution is -0.438. The first-order valence-corrected chi connectivity index (χ1v) is 10.5. The molecular formula is C21H34O4.